The van der Waals surface area contributed by atoms with Crippen LogP contribution in [0.2, 0.25) is 5.02 Å². The van der Waals surface area contributed by atoms with Crippen LogP contribution in [0, 0.1) is 6.92 Å². The van der Waals surface area contributed by atoms with Gasteiger partial charge in [-0.05, 0) is 43.0 Å². The molecule has 2 N–H and O–H groups in total. The number of amides is 1. The molecular formula is C13H16ClNO3S. The van der Waals surface area contributed by atoms with E-state index in [0.717, 1.165) is 5.56 Å². The summed E-state index contributed by atoms with van der Waals surface area (Å²) in [5.74, 6) is -0.776. The number of carboxylic acids is 1. The zero-order chi connectivity index (χ0) is 14.4. The van der Waals surface area contributed by atoms with Gasteiger partial charge in [-0.15, -0.1) is 0 Å². The van der Waals surface area contributed by atoms with Gasteiger partial charge < -0.3 is 10.4 Å². The van der Waals surface area contributed by atoms with Crippen molar-refractivity contribution in [1.29, 1.82) is 0 Å². The fourth-order valence-corrected chi connectivity index (χ4v) is 2.12. The Hall–Kier alpha value is -1.20. The van der Waals surface area contributed by atoms with Crippen LogP contribution >= 0.6 is 23.4 Å². The molecule has 0 saturated heterocycles. The number of rotatable bonds is 6. The van der Waals surface area contributed by atoms with E-state index in [0.29, 0.717) is 22.8 Å². The summed E-state index contributed by atoms with van der Waals surface area (Å²) in [6, 6.07) is 4.03. The van der Waals surface area contributed by atoms with E-state index in [2.05, 4.69) is 5.32 Å². The number of carbonyl (C=O) groups excluding carboxylic acids is 1. The molecule has 0 aromatic heterocycles. The molecule has 0 saturated carbocycles. The maximum Gasteiger partial charge on any atom is 0.326 e. The third-order valence-electron chi connectivity index (χ3n) is 2.65. The van der Waals surface area contributed by atoms with E-state index in [1.807, 2.05) is 13.2 Å². The minimum atomic E-state index is -1.03. The molecule has 0 aliphatic rings. The van der Waals surface area contributed by atoms with Crippen molar-refractivity contribution in [3.63, 3.8) is 0 Å². The highest BCUT2D eigenvalue weighted by molar-refractivity contribution is 7.98. The van der Waals surface area contributed by atoms with Gasteiger partial charge in [0, 0.05) is 10.6 Å². The van der Waals surface area contributed by atoms with Crippen molar-refractivity contribution in [2.24, 2.45) is 0 Å². The molecule has 0 heterocycles. The van der Waals surface area contributed by atoms with Crippen LogP contribution in [0.5, 0.6) is 0 Å². The average molecular weight is 302 g/mol. The van der Waals surface area contributed by atoms with Gasteiger partial charge >= 0.3 is 5.97 Å². The molecule has 1 amide bonds. The zero-order valence-electron chi connectivity index (χ0n) is 10.8. The maximum atomic E-state index is 11.9. The fourth-order valence-electron chi connectivity index (χ4n) is 1.47. The van der Waals surface area contributed by atoms with Gasteiger partial charge in [-0.25, -0.2) is 4.79 Å². The minimum absolute atomic E-state index is 0.367. The second-order valence-electron chi connectivity index (χ2n) is 4.11. The first kappa shape index (κ1) is 15.9. The fraction of sp³-hybridized carbons (Fsp3) is 0.385. The van der Waals surface area contributed by atoms with Crippen molar-refractivity contribution in [3.05, 3.63) is 34.3 Å². The van der Waals surface area contributed by atoms with Crippen LogP contribution in [0.15, 0.2) is 18.2 Å². The van der Waals surface area contributed by atoms with Crippen molar-refractivity contribution >= 4 is 35.2 Å². The summed E-state index contributed by atoms with van der Waals surface area (Å²) in [4.78, 5) is 23.0. The number of hydrogen-bond donors (Lipinski definition) is 2. The molecule has 0 aliphatic carbocycles. The van der Waals surface area contributed by atoms with E-state index in [1.54, 1.807) is 18.2 Å². The minimum Gasteiger partial charge on any atom is -0.480 e. The average Bonchev–Trinajstić information content (AvgIpc) is 2.37. The molecule has 19 heavy (non-hydrogen) atoms. The molecule has 6 heteroatoms. The van der Waals surface area contributed by atoms with Gasteiger partial charge in [0.1, 0.15) is 6.04 Å². The summed E-state index contributed by atoms with van der Waals surface area (Å²) < 4.78 is 0. The number of carboxylic acid groups (broad SMARTS) is 1. The lowest BCUT2D eigenvalue weighted by molar-refractivity contribution is -0.139. The Kier molecular flexibility index (Phi) is 6.18. The van der Waals surface area contributed by atoms with Gasteiger partial charge in [0.25, 0.3) is 5.91 Å². The van der Waals surface area contributed by atoms with Crippen molar-refractivity contribution in [2.45, 2.75) is 19.4 Å². The van der Waals surface area contributed by atoms with Crippen LogP contribution in [0.25, 0.3) is 0 Å². The molecule has 1 aromatic rings. The lowest BCUT2D eigenvalue weighted by Crippen LogP contribution is -2.41. The summed E-state index contributed by atoms with van der Waals surface area (Å²) in [6.07, 6.45) is 2.28. The lowest BCUT2D eigenvalue weighted by atomic mass is 10.1. The normalized spacial score (nSPS) is 11.9. The summed E-state index contributed by atoms with van der Waals surface area (Å²) in [5, 5.41) is 12.0. The van der Waals surface area contributed by atoms with Gasteiger partial charge in [0.05, 0.1) is 0 Å². The lowest BCUT2D eigenvalue weighted by Gasteiger charge is -2.14. The Morgan fingerprint density at radius 2 is 2.16 bits per heavy atom. The molecule has 0 spiro atoms. The molecular weight excluding hydrogens is 286 g/mol. The molecule has 0 aliphatic heterocycles. The quantitative estimate of drug-likeness (QED) is 0.847. The Labute approximate surface area is 121 Å². The summed E-state index contributed by atoms with van der Waals surface area (Å²) in [6.45, 7) is 1.84. The number of benzene rings is 1. The Morgan fingerprint density at radius 1 is 1.47 bits per heavy atom. The molecule has 104 valence electrons. The highest BCUT2D eigenvalue weighted by atomic mass is 35.5. The van der Waals surface area contributed by atoms with E-state index in [4.69, 9.17) is 16.7 Å². The van der Waals surface area contributed by atoms with Crippen LogP contribution in [0.1, 0.15) is 22.3 Å². The van der Waals surface area contributed by atoms with Crippen LogP contribution in [0.4, 0.5) is 0 Å². The second kappa shape index (κ2) is 7.40. The number of aliphatic carboxylic acids is 1. The van der Waals surface area contributed by atoms with E-state index in [9.17, 15) is 9.59 Å². The predicted octanol–water partition coefficient (Wildman–Crippen LogP) is 2.58. The monoisotopic (exact) mass is 301 g/mol. The Balaban J connectivity index is 2.75. The van der Waals surface area contributed by atoms with Crippen LogP contribution in [-0.4, -0.2) is 35.0 Å². The molecule has 0 fully saturated rings. The molecule has 0 radical (unpaired) electrons. The van der Waals surface area contributed by atoms with Crippen molar-refractivity contribution in [3.8, 4) is 0 Å². The third-order valence-corrected chi connectivity index (χ3v) is 3.70. The maximum absolute atomic E-state index is 11.9. The van der Waals surface area contributed by atoms with Gasteiger partial charge in [-0.3, -0.25) is 4.79 Å². The van der Waals surface area contributed by atoms with Crippen molar-refractivity contribution in [1.82, 2.24) is 5.32 Å². The van der Waals surface area contributed by atoms with Crippen molar-refractivity contribution in [2.75, 3.05) is 12.0 Å². The summed E-state index contributed by atoms with van der Waals surface area (Å²) in [5.41, 5.74) is 1.24. The van der Waals surface area contributed by atoms with Gasteiger partial charge in [-0.2, -0.15) is 11.8 Å². The summed E-state index contributed by atoms with van der Waals surface area (Å²) in [7, 11) is 0. The van der Waals surface area contributed by atoms with E-state index < -0.39 is 17.9 Å². The van der Waals surface area contributed by atoms with E-state index in [1.165, 1.54) is 11.8 Å². The van der Waals surface area contributed by atoms with Gasteiger partial charge in [-0.1, -0.05) is 17.7 Å². The highest BCUT2D eigenvalue weighted by Gasteiger charge is 2.20. The SMILES string of the molecule is CSCCC(NC(=O)c1ccc(C)c(Cl)c1)C(=O)O. The van der Waals surface area contributed by atoms with E-state index in [-0.39, 0.29) is 0 Å². The molecule has 4 nitrogen and oxygen atoms in total. The standard InChI is InChI=1S/C13H16ClNO3S/c1-8-3-4-9(7-10(8)14)12(16)15-11(13(17)18)5-6-19-2/h3-4,7,11H,5-6H2,1-2H3,(H,15,16)(H,17,18). The van der Waals surface area contributed by atoms with Crippen LogP contribution in [-0.2, 0) is 4.79 Å². The second-order valence-corrected chi connectivity index (χ2v) is 5.50. The predicted molar refractivity (Wildman–Crippen MR) is 78.1 cm³/mol. The molecule has 0 bridgehead atoms. The Morgan fingerprint density at radius 3 is 2.68 bits per heavy atom. The number of halogens is 1. The number of thioether (sulfide) groups is 1. The number of carbonyl (C=O) groups is 2. The molecule has 1 aromatic carbocycles. The molecule has 1 atom stereocenters. The highest BCUT2D eigenvalue weighted by Crippen LogP contribution is 2.16. The zero-order valence-corrected chi connectivity index (χ0v) is 12.3. The number of hydrogen-bond acceptors (Lipinski definition) is 3. The molecule has 1 unspecified atom stereocenters. The smallest absolute Gasteiger partial charge is 0.326 e. The van der Waals surface area contributed by atoms with E-state index >= 15 is 0 Å². The topological polar surface area (TPSA) is 66.4 Å². The molecule has 1 rings (SSSR count). The van der Waals surface area contributed by atoms with Crippen molar-refractivity contribution < 1.29 is 14.7 Å². The number of aryl methyl sites for hydroxylation is 1. The van der Waals surface area contributed by atoms with Gasteiger partial charge in [0.15, 0.2) is 0 Å². The van der Waals surface area contributed by atoms with Crippen LogP contribution in [0.3, 0.4) is 0 Å². The largest absolute Gasteiger partial charge is 0.480 e. The first-order chi connectivity index (χ1) is 8.95. The summed E-state index contributed by atoms with van der Waals surface area (Å²) >= 11 is 7.48. The third kappa shape index (κ3) is 4.76. The van der Waals surface area contributed by atoms with Gasteiger partial charge in [0.2, 0.25) is 0 Å². The van der Waals surface area contributed by atoms with Crippen LogP contribution < -0.4 is 5.32 Å². The number of nitrogens with one attached hydrogen (secondary N) is 1. The Bertz CT molecular complexity index is 479. The first-order valence-corrected chi connectivity index (χ1v) is 7.51. The first-order valence-electron chi connectivity index (χ1n) is 5.74.